The number of carbonyl (C=O) groups is 1. The maximum absolute atomic E-state index is 13.3. The molecule has 7 heteroatoms. The maximum atomic E-state index is 13.3. The van der Waals surface area contributed by atoms with E-state index in [1.165, 1.54) is 22.9 Å². The van der Waals surface area contributed by atoms with Crippen LogP contribution in [0.5, 0.6) is 0 Å². The number of rotatable bonds is 7. The van der Waals surface area contributed by atoms with Crippen molar-refractivity contribution in [1.29, 1.82) is 0 Å². The Morgan fingerprint density at radius 3 is 2.53 bits per heavy atom. The number of fused-ring (bicyclic) bond motifs is 1. The molecule has 0 aliphatic heterocycles. The first-order valence-corrected chi connectivity index (χ1v) is 12.2. The Balaban J connectivity index is 1.50. The highest BCUT2D eigenvalue weighted by Gasteiger charge is 2.20. The van der Waals surface area contributed by atoms with Gasteiger partial charge in [-0.05, 0) is 62.2 Å². The number of aromatic nitrogens is 5. The van der Waals surface area contributed by atoms with Crippen LogP contribution in [-0.2, 0) is 6.54 Å². The quantitative estimate of drug-likeness (QED) is 0.220. The Morgan fingerprint density at radius 2 is 1.76 bits per heavy atom. The van der Waals surface area contributed by atoms with Crippen LogP contribution in [0.4, 0.5) is 0 Å². The molecule has 0 unspecified atom stereocenters. The van der Waals surface area contributed by atoms with Gasteiger partial charge in [0.05, 0.1) is 11.4 Å². The summed E-state index contributed by atoms with van der Waals surface area (Å²) in [7, 11) is 0. The van der Waals surface area contributed by atoms with Crippen molar-refractivity contribution in [3.63, 3.8) is 0 Å². The lowest BCUT2D eigenvalue weighted by Gasteiger charge is -2.12. The summed E-state index contributed by atoms with van der Waals surface area (Å²) in [5, 5.41) is 10.6. The van der Waals surface area contributed by atoms with Crippen LogP contribution in [0.25, 0.3) is 28.0 Å². The molecule has 0 spiro atoms. The first-order valence-electron chi connectivity index (χ1n) is 11.2. The molecule has 170 valence electrons. The van der Waals surface area contributed by atoms with E-state index in [0.717, 1.165) is 40.1 Å². The van der Waals surface area contributed by atoms with E-state index in [1.54, 1.807) is 12.4 Å². The fourth-order valence-electron chi connectivity index (χ4n) is 4.09. The number of para-hydroxylation sites is 1. The van der Waals surface area contributed by atoms with Crippen molar-refractivity contribution < 1.29 is 4.79 Å². The van der Waals surface area contributed by atoms with Gasteiger partial charge in [0.1, 0.15) is 0 Å². The second-order valence-corrected chi connectivity index (χ2v) is 9.15. The van der Waals surface area contributed by atoms with Gasteiger partial charge in [-0.2, -0.15) is 0 Å². The van der Waals surface area contributed by atoms with Crippen molar-refractivity contribution in [3.05, 3.63) is 89.9 Å². The number of Topliss-reactive ketones (excluding diaryl/α,β-unsaturated/α-hetero) is 1. The molecule has 0 fully saturated rings. The molecule has 34 heavy (non-hydrogen) atoms. The SMILES string of the molecule is CCn1cc(C(=O)CSc2nnc(-c3ccncc3)n2-c2ccc(C)c(C)c2)c2ccccc21. The summed E-state index contributed by atoms with van der Waals surface area (Å²) in [6, 6.07) is 18.2. The van der Waals surface area contributed by atoms with Gasteiger partial charge in [-0.1, -0.05) is 36.0 Å². The van der Waals surface area contributed by atoms with Gasteiger partial charge >= 0.3 is 0 Å². The van der Waals surface area contributed by atoms with Crippen molar-refractivity contribution in [2.24, 2.45) is 0 Å². The van der Waals surface area contributed by atoms with E-state index in [-0.39, 0.29) is 11.5 Å². The summed E-state index contributed by atoms with van der Waals surface area (Å²) < 4.78 is 4.14. The minimum absolute atomic E-state index is 0.0773. The normalized spacial score (nSPS) is 11.3. The van der Waals surface area contributed by atoms with E-state index in [1.807, 2.05) is 41.1 Å². The standard InChI is InChI=1S/C27H25N5OS/c1-4-31-16-23(22-7-5-6-8-24(22)31)25(33)17-34-27-30-29-26(20-11-13-28-14-12-20)32(27)21-10-9-18(2)19(3)15-21/h5-16H,4,17H2,1-3H3. The summed E-state index contributed by atoms with van der Waals surface area (Å²) in [6.45, 7) is 7.09. The molecular formula is C27H25N5OS. The van der Waals surface area contributed by atoms with Gasteiger partial charge in [0.15, 0.2) is 16.8 Å². The summed E-state index contributed by atoms with van der Waals surface area (Å²) in [5.41, 5.74) is 6.13. The zero-order chi connectivity index (χ0) is 23.7. The fraction of sp³-hybridized carbons (Fsp3) is 0.185. The van der Waals surface area contributed by atoms with Crippen molar-refractivity contribution in [1.82, 2.24) is 24.3 Å². The van der Waals surface area contributed by atoms with Crippen molar-refractivity contribution in [2.75, 3.05) is 5.75 Å². The zero-order valence-corrected chi connectivity index (χ0v) is 20.2. The molecule has 3 aromatic heterocycles. The molecule has 0 aliphatic rings. The number of hydrogen-bond acceptors (Lipinski definition) is 5. The maximum Gasteiger partial charge on any atom is 0.196 e. The highest BCUT2D eigenvalue weighted by molar-refractivity contribution is 7.99. The highest BCUT2D eigenvalue weighted by atomic mass is 32.2. The second-order valence-electron chi connectivity index (χ2n) is 8.20. The molecule has 6 nitrogen and oxygen atoms in total. The largest absolute Gasteiger partial charge is 0.347 e. The van der Waals surface area contributed by atoms with Crippen LogP contribution in [0, 0.1) is 13.8 Å². The van der Waals surface area contributed by atoms with Gasteiger partial charge in [0.25, 0.3) is 0 Å². The third-order valence-corrected chi connectivity index (χ3v) is 7.01. The molecule has 0 bridgehead atoms. The van der Waals surface area contributed by atoms with Crippen LogP contribution in [0.3, 0.4) is 0 Å². The first kappa shape index (κ1) is 22.1. The van der Waals surface area contributed by atoms with Crippen molar-refractivity contribution in [3.8, 4) is 17.1 Å². The number of aryl methyl sites for hydroxylation is 3. The third-order valence-electron chi connectivity index (χ3n) is 6.08. The Kier molecular flexibility index (Phi) is 6.02. The average Bonchev–Trinajstić information content (AvgIpc) is 3.46. The van der Waals surface area contributed by atoms with E-state index in [9.17, 15) is 4.79 Å². The summed E-state index contributed by atoms with van der Waals surface area (Å²) in [6.07, 6.45) is 5.45. The van der Waals surface area contributed by atoms with Crippen LogP contribution in [-0.4, -0.2) is 35.9 Å². The molecule has 0 saturated carbocycles. The Morgan fingerprint density at radius 1 is 0.971 bits per heavy atom. The predicted molar refractivity (Wildman–Crippen MR) is 137 cm³/mol. The van der Waals surface area contributed by atoms with Gasteiger partial charge in [0, 0.05) is 47.2 Å². The van der Waals surface area contributed by atoms with E-state index in [2.05, 4.69) is 64.8 Å². The average molecular weight is 468 g/mol. The number of pyridine rings is 1. The summed E-state index contributed by atoms with van der Waals surface area (Å²) in [5.74, 6) is 1.08. The van der Waals surface area contributed by atoms with Crippen LogP contribution in [0.1, 0.15) is 28.4 Å². The molecule has 0 atom stereocenters. The monoisotopic (exact) mass is 467 g/mol. The number of hydrogen-bond donors (Lipinski definition) is 0. The predicted octanol–water partition coefficient (Wildman–Crippen LogP) is 5.90. The van der Waals surface area contributed by atoms with E-state index in [0.29, 0.717) is 5.16 Å². The number of thioether (sulfide) groups is 1. The number of ketones is 1. The smallest absolute Gasteiger partial charge is 0.196 e. The first-order chi connectivity index (χ1) is 16.6. The van der Waals surface area contributed by atoms with Gasteiger partial charge in [-0.3, -0.25) is 14.3 Å². The molecule has 0 amide bonds. The van der Waals surface area contributed by atoms with E-state index < -0.39 is 0 Å². The molecule has 5 rings (SSSR count). The Labute approximate surface area is 202 Å². The molecule has 0 saturated heterocycles. The van der Waals surface area contributed by atoms with Crippen LogP contribution >= 0.6 is 11.8 Å². The second kappa shape index (κ2) is 9.27. The van der Waals surface area contributed by atoms with Crippen LogP contribution < -0.4 is 0 Å². The molecule has 0 N–H and O–H groups in total. The van der Waals surface area contributed by atoms with Crippen LogP contribution in [0.2, 0.25) is 0 Å². The Bertz CT molecular complexity index is 1490. The van der Waals surface area contributed by atoms with Crippen molar-refractivity contribution in [2.45, 2.75) is 32.5 Å². The Hall–Kier alpha value is -3.71. The van der Waals surface area contributed by atoms with Gasteiger partial charge in [0.2, 0.25) is 0 Å². The fourth-order valence-corrected chi connectivity index (χ4v) is 4.92. The molecule has 0 aliphatic carbocycles. The van der Waals surface area contributed by atoms with Gasteiger partial charge in [-0.25, -0.2) is 0 Å². The summed E-state index contributed by atoms with van der Waals surface area (Å²) in [4.78, 5) is 17.4. The van der Waals surface area contributed by atoms with Gasteiger partial charge in [-0.15, -0.1) is 10.2 Å². The van der Waals surface area contributed by atoms with Gasteiger partial charge < -0.3 is 4.57 Å². The van der Waals surface area contributed by atoms with Crippen LogP contribution in [0.15, 0.2) is 78.3 Å². The minimum atomic E-state index is 0.0773. The molecular weight excluding hydrogens is 442 g/mol. The van der Waals surface area contributed by atoms with E-state index in [4.69, 9.17) is 0 Å². The third kappa shape index (κ3) is 4.03. The summed E-state index contributed by atoms with van der Waals surface area (Å²) >= 11 is 1.41. The lowest BCUT2D eigenvalue weighted by atomic mass is 10.1. The molecule has 3 heterocycles. The number of carbonyl (C=O) groups excluding carboxylic acids is 1. The zero-order valence-electron chi connectivity index (χ0n) is 19.4. The lowest BCUT2D eigenvalue weighted by Crippen LogP contribution is -2.05. The number of benzene rings is 2. The highest BCUT2D eigenvalue weighted by Crippen LogP contribution is 2.30. The van der Waals surface area contributed by atoms with Crippen molar-refractivity contribution >= 4 is 28.4 Å². The number of nitrogens with zero attached hydrogens (tertiary/aromatic N) is 5. The minimum Gasteiger partial charge on any atom is -0.347 e. The topological polar surface area (TPSA) is 65.6 Å². The molecule has 0 radical (unpaired) electrons. The van der Waals surface area contributed by atoms with E-state index >= 15 is 0 Å². The molecule has 2 aromatic carbocycles. The lowest BCUT2D eigenvalue weighted by molar-refractivity contribution is 0.102. The molecule has 5 aromatic rings.